The molecule has 8 heteroatoms. The Balaban J connectivity index is 1.60. The number of rotatable bonds is 5. The number of nitrogens with zero attached hydrogens (tertiary/aromatic N) is 1. The normalized spacial score (nSPS) is 21.0. The molecular weight excluding hydrogens is 388 g/mol. The van der Waals surface area contributed by atoms with Gasteiger partial charge in [-0.1, -0.05) is 48.0 Å². The Morgan fingerprint density at radius 1 is 1.24 bits per heavy atom. The molecule has 2 atom stereocenters. The van der Waals surface area contributed by atoms with E-state index >= 15 is 0 Å². The van der Waals surface area contributed by atoms with Gasteiger partial charge in [0.25, 0.3) is 11.8 Å². The third kappa shape index (κ3) is 3.65. The van der Waals surface area contributed by atoms with Gasteiger partial charge in [0.05, 0.1) is 6.54 Å². The van der Waals surface area contributed by atoms with E-state index in [4.69, 9.17) is 0 Å². The van der Waals surface area contributed by atoms with Crippen molar-refractivity contribution in [1.29, 1.82) is 0 Å². The second kappa shape index (κ2) is 7.75. The van der Waals surface area contributed by atoms with E-state index < -0.39 is 17.8 Å². The number of benzene rings is 2. The van der Waals surface area contributed by atoms with Crippen molar-refractivity contribution in [3.05, 3.63) is 76.2 Å². The molecule has 2 unspecified atom stereocenters. The van der Waals surface area contributed by atoms with Crippen LogP contribution in [0.3, 0.4) is 0 Å². The molecule has 1 aliphatic rings. The summed E-state index contributed by atoms with van der Waals surface area (Å²) in [4.78, 5) is 29.8. The molecule has 0 radical (unpaired) electrons. The van der Waals surface area contributed by atoms with Gasteiger partial charge in [0.2, 0.25) is 0 Å². The number of hydrogen-bond acceptors (Lipinski definition) is 6. The number of thiazole rings is 1. The molecule has 3 aromatic rings. The Morgan fingerprint density at radius 2 is 2.00 bits per heavy atom. The second-order valence-electron chi connectivity index (χ2n) is 6.86. The van der Waals surface area contributed by atoms with Crippen molar-refractivity contribution in [1.82, 2.24) is 20.9 Å². The van der Waals surface area contributed by atoms with Gasteiger partial charge in [-0.3, -0.25) is 14.9 Å². The molecule has 7 nitrogen and oxygen atoms in total. The van der Waals surface area contributed by atoms with E-state index in [-0.39, 0.29) is 12.5 Å². The van der Waals surface area contributed by atoms with Crippen LogP contribution in [-0.4, -0.2) is 34.8 Å². The summed E-state index contributed by atoms with van der Waals surface area (Å²) in [6.07, 6.45) is 0.374. The van der Waals surface area contributed by atoms with Gasteiger partial charge < -0.3 is 15.7 Å². The zero-order chi connectivity index (χ0) is 20.4. The number of amides is 2. The fourth-order valence-electron chi connectivity index (χ4n) is 3.36. The summed E-state index contributed by atoms with van der Waals surface area (Å²) in [6, 6.07) is 15.3. The van der Waals surface area contributed by atoms with E-state index in [9.17, 15) is 14.7 Å². The molecule has 1 saturated heterocycles. The first-order valence-corrected chi connectivity index (χ1v) is 9.98. The molecule has 2 heterocycles. The lowest BCUT2D eigenvalue weighted by Gasteiger charge is -2.25. The number of carbonyl (C=O) groups is 2. The SMILES string of the molecule is Cc1ccc(-c2ccccc2C(=O)NCC2(c3nccs3)NC(O)NC2=O)cc1. The summed E-state index contributed by atoms with van der Waals surface area (Å²) < 4.78 is 0. The fraction of sp³-hybridized carbons (Fsp3) is 0.190. The van der Waals surface area contributed by atoms with Gasteiger partial charge in [-0.15, -0.1) is 11.3 Å². The summed E-state index contributed by atoms with van der Waals surface area (Å²) in [7, 11) is 0. The smallest absolute Gasteiger partial charge is 0.252 e. The van der Waals surface area contributed by atoms with Gasteiger partial charge in [-0.2, -0.15) is 0 Å². The van der Waals surface area contributed by atoms with Crippen molar-refractivity contribution in [2.75, 3.05) is 6.54 Å². The lowest BCUT2D eigenvalue weighted by atomic mass is 9.97. The molecule has 148 valence electrons. The summed E-state index contributed by atoms with van der Waals surface area (Å²) in [5, 5.41) is 20.1. The van der Waals surface area contributed by atoms with Crippen LogP contribution in [0.25, 0.3) is 11.1 Å². The minimum Gasteiger partial charge on any atom is -0.361 e. The number of aliphatic hydroxyl groups is 1. The van der Waals surface area contributed by atoms with Crippen molar-refractivity contribution in [2.24, 2.45) is 0 Å². The molecule has 0 aliphatic carbocycles. The highest BCUT2D eigenvalue weighted by atomic mass is 32.1. The third-order valence-corrected chi connectivity index (χ3v) is 5.82. The molecule has 29 heavy (non-hydrogen) atoms. The first kappa shape index (κ1) is 19.3. The molecule has 2 amide bonds. The fourth-order valence-corrected chi connectivity index (χ4v) is 4.15. The van der Waals surface area contributed by atoms with E-state index in [2.05, 4.69) is 20.9 Å². The largest absolute Gasteiger partial charge is 0.361 e. The summed E-state index contributed by atoms with van der Waals surface area (Å²) in [5.41, 5.74) is 2.06. The lowest BCUT2D eigenvalue weighted by molar-refractivity contribution is -0.124. The highest BCUT2D eigenvalue weighted by molar-refractivity contribution is 7.09. The van der Waals surface area contributed by atoms with Crippen LogP contribution >= 0.6 is 11.3 Å². The maximum absolute atomic E-state index is 13.0. The summed E-state index contributed by atoms with van der Waals surface area (Å²) >= 11 is 1.28. The first-order chi connectivity index (χ1) is 14.0. The number of hydrogen-bond donors (Lipinski definition) is 4. The van der Waals surface area contributed by atoms with Crippen LogP contribution in [0.1, 0.15) is 20.9 Å². The Morgan fingerprint density at radius 3 is 2.66 bits per heavy atom. The monoisotopic (exact) mass is 408 g/mol. The minimum atomic E-state index is -1.32. The molecule has 0 spiro atoms. The van der Waals surface area contributed by atoms with Crippen molar-refractivity contribution in [2.45, 2.75) is 18.8 Å². The summed E-state index contributed by atoms with van der Waals surface area (Å²) in [6.45, 7) is 1.96. The zero-order valence-electron chi connectivity index (χ0n) is 15.7. The van der Waals surface area contributed by atoms with Crippen molar-refractivity contribution in [3.63, 3.8) is 0 Å². The Labute approximate surface area is 171 Å². The molecule has 2 aromatic carbocycles. The van der Waals surface area contributed by atoms with Gasteiger partial charge >= 0.3 is 0 Å². The van der Waals surface area contributed by atoms with E-state index in [1.54, 1.807) is 23.7 Å². The maximum Gasteiger partial charge on any atom is 0.252 e. The minimum absolute atomic E-state index is 0.0511. The predicted molar refractivity (Wildman–Crippen MR) is 110 cm³/mol. The lowest BCUT2D eigenvalue weighted by Crippen LogP contribution is -2.53. The Hall–Kier alpha value is -3.07. The topological polar surface area (TPSA) is 103 Å². The Bertz CT molecular complexity index is 1040. The highest BCUT2D eigenvalue weighted by Crippen LogP contribution is 2.28. The Kier molecular flexibility index (Phi) is 5.14. The predicted octanol–water partition coefficient (Wildman–Crippen LogP) is 1.74. The number of aryl methyl sites for hydroxylation is 1. The number of aromatic nitrogens is 1. The van der Waals surface area contributed by atoms with E-state index in [1.807, 2.05) is 43.3 Å². The highest BCUT2D eigenvalue weighted by Gasteiger charge is 2.49. The van der Waals surface area contributed by atoms with Crippen LogP contribution < -0.4 is 16.0 Å². The molecule has 4 rings (SSSR count). The van der Waals surface area contributed by atoms with Crippen LogP contribution in [0.5, 0.6) is 0 Å². The van der Waals surface area contributed by atoms with Crippen molar-refractivity contribution < 1.29 is 14.7 Å². The van der Waals surface area contributed by atoms with Crippen LogP contribution in [0.4, 0.5) is 0 Å². The van der Waals surface area contributed by atoms with Gasteiger partial charge in [-0.05, 0) is 24.1 Å². The molecule has 4 N–H and O–H groups in total. The number of nitrogens with one attached hydrogen (secondary N) is 3. The van der Waals surface area contributed by atoms with E-state index in [0.29, 0.717) is 10.6 Å². The van der Waals surface area contributed by atoms with E-state index in [1.165, 1.54) is 11.3 Å². The maximum atomic E-state index is 13.0. The quantitative estimate of drug-likeness (QED) is 0.515. The standard InChI is InChI=1S/C21H20N4O3S/c1-13-6-8-14(9-7-13)15-4-2-3-5-16(15)17(26)23-12-21(19-22-10-11-29-19)18(27)24-20(28)25-21/h2-11,20,25,28H,12H2,1H3,(H,23,26)(H,24,27). The van der Waals surface area contributed by atoms with Crippen LogP contribution in [0.2, 0.25) is 0 Å². The van der Waals surface area contributed by atoms with Gasteiger partial charge in [0.15, 0.2) is 11.9 Å². The molecule has 0 saturated carbocycles. The molecule has 1 fully saturated rings. The number of carbonyl (C=O) groups excluding carboxylic acids is 2. The number of aliphatic hydroxyl groups excluding tert-OH is 1. The van der Waals surface area contributed by atoms with Gasteiger partial charge in [0, 0.05) is 17.1 Å². The van der Waals surface area contributed by atoms with Crippen molar-refractivity contribution >= 4 is 23.2 Å². The molecule has 0 bridgehead atoms. The van der Waals surface area contributed by atoms with Crippen LogP contribution in [0, 0.1) is 6.92 Å². The van der Waals surface area contributed by atoms with Crippen LogP contribution in [0.15, 0.2) is 60.1 Å². The summed E-state index contributed by atoms with van der Waals surface area (Å²) in [5.74, 6) is -0.750. The third-order valence-electron chi connectivity index (χ3n) is 4.88. The molecule has 1 aliphatic heterocycles. The van der Waals surface area contributed by atoms with Gasteiger partial charge in [0.1, 0.15) is 5.01 Å². The first-order valence-electron chi connectivity index (χ1n) is 9.10. The molecular formula is C21H20N4O3S. The zero-order valence-corrected chi connectivity index (χ0v) is 16.5. The second-order valence-corrected chi connectivity index (χ2v) is 7.75. The average molecular weight is 408 g/mol. The van der Waals surface area contributed by atoms with Crippen molar-refractivity contribution in [3.8, 4) is 11.1 Å². The average Bonchev–Trinajstić information content (AvgIpc) is 3.35. The van der Waals surface area contributed by atoms with Gasteiger partial charge in [-0.25, -0.2) is 4.98 Å². The molecule has 1 aromatic heterocycles. The van der Waals surface area contributed by atoms with E-state index in [0.717, 1.165) is 16.7 Å². The van der Waals surface area contributed by atoms with Crippen LogP contribution in [-0.2, 0) is 10.3 Å².